The second-order valence-corrected chi connectivity index (χ2v) is 2.66. The second kappa shape index (κ2) is 4.13. The summed E-state index contributed by atoms with van der Waals surface area (Å²) in [5, 5.41) is -4.74. The summed E-state index contributed by atoms with van der Waals surface area (Å²) in [6.07, 6.45) is -1.72. The molecule has 78 valence electrons. The van der Waals surface area contributed by atoms with Crippen LogP contribution in [0.2, 0.25) is 0 Å². The Bertz CT molecular complexity index is 190. The molecule has 0 unspecified atom stereocenters. The first kappa shape index (κ1) is 12.5. The quantitative estimate of drug-likeness (QED) is 0.415. The van der Waals surface area contributed by atoms with Crippen LogP contribution in [0.3, 0.4) is 0 Å². The maximum absolute atomic E-state index is 12.3. The first-order chi connectivity index (χ1) is 5.70. The van der Waals surface area contributed by atoms with Gasteiger partial charge in [-0.15, -0.1) is 0 Å². The third kappa shape index (κ3) is 3.80. The number of alkyl halides is 5. The fourth-order valence-electron chi connectivity index (χ4n) is 0.494. The van der Waals surface area contributed by atoms with Gasteiger partial charge in [-0.25, -0.2) is 0 Å². The smallest absolute Gasteiger partial charge is 0.384 e. The lowest BCUT2D eigenvalue weighted by Crippen LogP contribution is -2.37. The fourth-order valence-corrected chi connectivity index (χ4v) is 0.560. The third-order valence-corrected chi connectivity index (χ3v) is 1.36. The maximum Gasteiger partial charge on any atom is 0.384 e. The molecule has 13 heavy (non-hydrogen) atoms. The molecule has 0 aromatic rings. The Balaban J connectivity index is 4.26. The fraction of sp³-hybridized carbons (Fsp3) is 0.833. The highest BCUT2D eigenvalue weighted by atomic mass is 35.5. The SMILES string of the molecule is CCOC(=O)CC(F)(F)C(F)(F)Cl. The highest BCUT2D eigenvalue weighted by molar-refractivity contribution is 6.22. The third-order valence-electron chi connectivity index (χ3n) is 1.09. The Kier molecular flexibility index (Phi) is 3.96. The highest BCUT2D eigenvalue weighted by Crippen LogP contribution is 2.40. The number of halogens is 5. The van der Waals surface area contributed by atoms with E-state index in [0.717, 1.165) is 0 Å². The van der Waals surface area contributed by atoms with Gasteiger partial charge in [0.05, 0.1) is 6.61 Å². The zero-order chi connectivity index (χ0) is 10.7. The molecule has 7 heteroatoms. The summed E-state index contributed by atoms with van der Waals surface area (Å²) >= 11 is 4.08. The van der Waals surface area contributed by atoms with Gasteiger partial charge in [-0.3, -0.25) is 4.79 Å². The molecule has 0 spiro atoms. The van der Waals surface area contributed by atoms with Crippen LogP contribution in [0.15, 0.2) is 0 Å². The largest absolute Gasteiger partial charge is 0.466 e. The lowest BCUT2D eigenvalue weighted by molar-refractivity contribution is -0.180. The van der Waals surface area contributed by atoms with Crippen molar-refractivity contribution in [3.63, 3.8) is 0 Å². The number of hydrogen-bond acceptors (Lipinski definition) is 2. The molecule has 0 saturated heterocycles. The molecule has 0 aliphatic heterocycles. The molecule has 0 N–H and O–H groups in total. The van der Waals surface area contributed by atoms with Gasteiger partial charge in [-0.05, 0) is 18.5 Å². The van der Waals surface area contributed by atoms with Gasteiger partial charge in [0.1, 0.15) is 6.42 Å². The maximum atomic E-state index is 12.3. The molecule has 0 aromatic carbocycles. The molecule has 2 nitrogen and oxygen atoms in total. The van der Waals surface area contributed by atoms with Gasteiger partial charge in [0.15, 0.2) is 0 Å². The zero-order valence-electron chi connectivity index (χ0n) is 6.62. The zero-order valence-corrected chi connectivity index (χ0v) is 7.38. The van der Waals surface area contributed by atoms with Gasteiger partial charge < -0.3 is 4.74 Å². The predicted octanol–water partition coefficient (Wildman–Crippen LogP) is 2.41. The van der Waals surface area contributed by atoms with Crippen molar-refractivity contribution in [3.8, 4) is 0 Å². The average molecular weight is 223 g/mol. The van der Waals surface area contributed by atoms with Gasteiger partial charge in [-0.1, -0.05) is 0 Å². The minimum atomic E-state index is -4.74. The van der Waals surface area contributed by atoms with Crippen molar-refractivity contribution < 1.29 is 27.1 Å². The van der Waals surface area contributed by atoms with Gasteiger partial charge in [0.25, 0.3) is 0 Å². The Morgan fingerprint density at radius 3 is 2.15 bits per heavy atom. The predicted molar refractivity (Wildman–Crippen MR) is 37.0 cm³/mol. The molecule has 0 aromatic heterocycles. The van der Waals surface area contributed by atoms with Crippen LogP contribution in [0, 0.1) is 0 Å². The molecule has 0 bridgehead atoms. The molecule has 0 fully saturated rings. The van der Waals surface area contributed by atoms with Crippen molar-refractivity contribution in [3.05, 3.63) is 0 Å². The van der Waals surface area contributed by atoms with Crippen LogP contribution in [-0.2, 0) is 9.53 Å². The number of ether oxygens (including phenoxy) is 1. The average Bonchev–Trinajstić information content (AvgIpc) is 1.83. The summed E-state index contributed by atoms with van der Waals surface area (Å²) in [6, 6.07) is 0. The molecule has 0 saturated carbocycles. The number of carbonyl (C=O) groups is 1. The molecule has 0 aliphatic carbocycles. The van der Waals surface area contributed by atoms with Gasteiger partial charge >= 0.3 is 17.3 Å². The van der Waals surface area contributed by atoms with Crippen molar-refractivity contribution in [1.29, 1.82) is 0 Å². The van der Waals surface area contributed by atoms with Gasteiger partial charge in [0.2, 0.25) is 0 Å². The Morgan fingerprint density at radius 2 is 1.85 bits per heavy atom. The summed E-state index contributed by atoms with van der Waals surface area (Å²) in [5.74, 6) is -5.99. The topological polar surface area (TPSA) is 26.3 Å². The van der Waals surface area contributed by atoms with E-state index in [2.05, 4.69) is 16.3 Å². The molecule has 0 atom stereocenters. The van der Waals surface area contributed by atoms with E-state index in [4.69, 9.17) is 0 Å². The number of carbonyl (C=O) groups excluding carboxylic acids is 1. The van der Waals surface area contributed by atoms with Crippen LogP contribution in [0.25, 0.3) is 0 Å². The Hall–Kier alpha value is -0.520. The van der Waals surface area contributed by atoms with E-state index >= 15 is 0 Å². The standard InChI is InChI=1S/C6H7ClF4O2/c1-2-13-4(12)3-5(8,9)6(7,10)11/h2-3H2,1H3. The Morgan fingerprint density at radius 1 is 1.38 bits per heavy atom. The molecular weight excluding hydrogens is 216 g/mol. The molecule has 0 heterocycles. The summed E-state index contributed by atoms with van der Waals surface area (Å²) < 4.78 is 52.5. The van der Waals surface area contributed by atoms with E-state index in [1.165, 1.54) is 6.92 Å². The lowest BCUT2D eigenvalue weighted by Gasteiger charge is -2.19. The first-order valence-electron chi connectivity index (χ1n) is 3.31. The molecule has 0 radical (unpaired) electrons. The summed E-state index contributed by atoms with van der Waals surface area (Å²) in [5.41, 5.74) is 0. The molecule has 0 amide bonds. The van der Waals surface area contributed by atoms with Gasteiger partial charge in [0, 0.05) is 0 Å². The Labute approximate surface area is 76.8 Å². The van der Waals surface area contributed by atoms with Crippen molar-refractivity contribution in [1.82, 2.24) is 0 Å². The van der Waals surface area contributed by atoms with E-state index in [1.54, 1.807) is 0 Å². The number of esters is 1. The minimum Gasteiger partial charge on any atom is -0.466 e. The number of rotatable bonds is 4. The van der Waals surface area contributed by atoms with Crippen LogP contribution < -0.4 is 0 Å². The molecule has 0 aliphatic rings. The van der Waals surface area contributed by atoms with Crippen molar-refractivity contribution >= 4 is 17.6 Å². The van der Waals surface area contributed by atoms with Crippen LogP contribution >= 0.6 is 11.6 Å². The van der Waals surface area contributed by atoms with E-state index < -0.39 is 23.7 Å². The van der Waals surface area contributed by atoms with E-state index in [1.807, 2.05) is 0 Å². The van der Waals surface area contributed by atoms with E-state index in [-0.39, 0.29) is 6.61 Å². The van der Waals surface area contributed by atoms with Crippen LogP contribution in [0.1, 0.15) is 13.3 Å². The van der Waals surface area contributed by atoms with Crippen molar-refractivity contribution in [2.24, 2.45) is 0 Å². The van der Waals surface area contributed by atoms with Crippen molar-refractivity contribution in [2.75, 3.05) is 6.61 Å². The normalized spacial score (nSPS) is 12.8. The second-order valence-electron chi connectivity index (χ2n) is 2.18. The summed E-state index contributed by atoms with van der Waals surface area (Å²) in [4.78, 5) is 10.4. The van der Waals surface area contributed by atoms with Crippen LogP contribution in [0.4, 0.5) is 17.6 Å². The minimum absolute atomic E-state index is 0.150. The molecule has 0 rings (SSSR count). The lowest BCUT2D eigenvalue weighted by atomic mass is 10.2. The van der Waals surface area contributed by atoms with E-state index in [0.29, 0.717) is 0 Å². The van der Waals surface area contributed by atoms with E-state index in [9.17, 15) is 22.4 Å². The van der Waals surface area contributed by atoms with Crippen molar-refractivity contribution in [2.45, 2.75) is 24.6 Å². The van der Waals surface area contributed by atoms with Crippen LogP contribution in [0.5, 0.6) is 0 Å². The van der Waals surface area contributed by atoms with Gasteiger partial charge in [-0.2, -0.15) is 17.6 Å². The summed E-state index contributed by atoms with van der Waals surface area (Å²) in [7, 11) is 0. The number of hydrogen-bond donors (Lipinski definition) is 0. The highest BCUT2D eigenvalue weighted by Gasteiger charge is 2.56. The first-order valence-corrected chi connectivity index (χ1v) is 3.68. The monoisotopic (exact) mass is 222 g/mol. The van der Waals surface area contributed by atoms with Crippen LogP contribution in [-0.4, -0.2) is 23.9 Å². The summed E-state index contributed by atoms with van der Waals surface area (Å²) in [6.45, 7) is 1.22. The molecular formula is C6H7ClF4O2.